The molecule has 0 spiro atoms. The number of hydrogen-bond donors (Lipinski definition) is 2. The smallest absolute Gasteiger partial charge is 0.335 e. The third-order valence-electron chi connectivity index (χ3n) is 3.75. The van der Waals surface area contributed by atoms with Crippen LogP contribution in [0.25, 0.3) is 6.08 Å². The van der Waals surface area contributed by atoms with Gasteiger partial charge in [0.1, 0.15) is 11.3 Å². The number of ether oxygens (including phenoxy) is 1. The van der Waals surface area contributed by atoms with Gasteiger partial charge in [-0.15, -0.1) is 0 Å². The number of urea groups is 1. The van der Waals surface area contributed by atoms with Crippen molar-refractivity contribution in [1.29, 1.82) is 0 Å². The van der Waals surface area contributed by atoms with E-state index < -0.39 is 23.8 Å². The van der Waals surface area contributed by atoms with Gasteiger partial charge in [-0.2, -0.15) is 0 Å². The number of nitrogens with zero attached hydrogens (tertiary/aromatic N) is 1. The predicted molar refractivity (Wildman–Crippen MR) is 104 cm³/mol. The number of halogens is 1. The summed E-state index contributed by atoms with van der Waals surface area (Å²) in [5.74, 6) is -1.76. The van der Waals surface area contributed by atoms with Gasteiger partial charge in [0.15, 0.2) is 6.61 Å². The minimum Gasteiger partial charge on any atom is -0.483 e. The third-order valence-corrected chi connectivity index (χ3v) is 4.37. The molecule has 0 unspecified atom stereocenters. The Morgan fingerprint density at radius 1 is 1.14 bits per heavy atom. The molecular formula is C19H14BrN3O5. The molecule has 0 radical (unpaired) electrons. The summed E-state index contributed by atoms with van der Waals surface area (Å²) in [6.07, 6.45) is 1.36. The average Bonchev–Trinajstić information content (AvgIpc) is 2.65. The van der Waals surface area contributed by atoms with Crippen molar-refractivity contribution in [2.45, 2.75) is 0 Å². The van der Waals surface area contributed by atoms with Gasteiger partial charge in [0.25, 0.3) is 17.7 Å². The molecule has 3 rings (SSSR count). The number of amides is 5. The molecule has 9 heteroatoms. The highest BCUT2D eigenvalue weighted by Gasteiger charge is 2.36. The van der Waals surface area contributed by atoms with Crippen molar-refractivity contribution in [1.82, 2.24) is 5.32 Å². The second-order valence-electron chi connectivity index (χ2n) is 5.74. The van der Waals surface area contributed by atoms with Crippen LogP contribution in [0.2, 0.25) is 0 Å². The topological polar surface area (TPSA) is 119 Å². The van der Waals surface area contributed by atoms with Crippen LogP contribution in [-0.4, -0.2) is 30.4 Å². The number of primary amides is 1. The molecule has 0 aliphatic carbocycles. The molecule has 142 valence electrons. The molecule has 0 aromatic heterocycles. The molecule has 2 aromatic rings. The van der Waals surface area contributed by atoms with Crippen LogP contribution in [-0.2, 0) is 14.4 Å². The normalized spacial score (nSPS) is 15.5. The van der Waals surface area contributed by atoms with Gasteiger partial charge in [-0.1, -0.05) is 24.3 Å². The van der Waals surface area contributed by atoms with E-state index in [-0.39, 0.29) is 12.2 Å². The number of carbonyl (C=O) groups excluding carboxylic acids is 4. The van der Waals surface area contributed by atoms with Crippen molar-refractivity contribution < 1.29 is 23.9 Å². The van der Waals surface area contributed by atoms with Gasteiger partial charge in [0, 0.05) is 0 Å². The van der Waals surface area contributed by atoms with Crippen molar-refractivity contribution in [3.63, 3.8) is 0 Å². The highest BCUT2D eigenvalue weighted by Crippen LogP contribution is 2.28. The predicted octanol–water partition coefficient (Wildman–Crippen LogP) is 1.98. The van der Waals surface area contributed by atoms with Crippen LogP contribution in [0.1, 0.15) is 5.56 Å². The number of nitrogens with two attached hydrogens (primary N) is 1. The number of para-hydroxylation sites is 1. The van der Waals surface area contributed by atoms with Gasteiger partial charge < -0.3 is 10.5 Å². The molecule has 3 N–H and O–H groups in total. The number of anilines is 1. The summed E-state index contributed by atoms with van der Waals surface area (Å²) >= 11 is 3.29. The van der Waals surface area contributed by atoms with Crippen LogP contribution in [0.3, 0.4) is 0 Å². The Labute approximate surface area is 168 Å². The van der Waals surface area contributed by atoms with Crippen LogP contribution in [0.5, 0.6) is 5.75 Å². The van der Waals surface area contributed by atoms with E-state index in [0.717, 1.165) is 4.90 Å². The van der Waals surface area contributed by atoms with E-state index in [1.807, 2.05) is 0 Å². The first-order valence-corrected chi connectivity index (χ1v) is 8.83. The van der Waals surface area contributed by atoms with Gasteiger partial charge in [-0.3, -0.25) is 19.7 Å². The first-order chi connectivity index (χ1) is 13.4. The molecule has 1 heterocycles. The Hall–Kier alpha value is -3.46. The second kappa shape index (κ2) is 8.05. The molecule has 1 aliphatic heterocycles. The second-order valence-corrected chi connectivity index (χ2v) is 6.59. The molecule has 0 saturated carbocycles. The lowest BCUT2D eigenvalue weighted by Crippen LogP contribution is -2.54. The summed E-state index contributed by atoms with van der Waals surface area (Å²) in [5.41, 5.74) is 5.71. The summed E-state index contributed by atoms with van der Waals surface area (Å²) in [7, 11) is 0. The van der Waals surface area contributed by atoms with Gasteiger partial charge in [-0.25, -0.2) is 9.69 Å². The van der Waals surface area contributed by atoms with E-state index in [2.05, 4.69) is 21.2 Å². The Bertz CT molecular complexity index is 1000. The summed E-state index contributed by atoms with van der Waals surface area (Å²) in [4.78, 5) is 48.8. The third kappa shape index (κ3) is 4.09. The first kappa shape index (κ1) is 19.3. The van der Waals surface area contributed by atoms with Crippen molar-refractivity contribution in [2.75, 3.05) is 11.5 Å². The van der Waals surface area contributed by atoms with E-state index in [1.165, 1.54) is 6.08 Å². The zero-order valence-corrected chi connectivity index (χ0v) is 15.9. The van der Waals surface area contributed by atoms with Crippen LogP contribution in [0, 0.1) is 0 Å². The summed E-state index contributed by atoms with van der Waals surface area (Å²) in [6, 6.07) is 12.2. The van der Waals surface area contributed by atoms with Crippen molar-refractivity contribution in [2.24, 2.45) is 5.73 Å². The Morgan fingerprint density at radius 3 is 2.50 bits per heavy atom. The number of nitrogens with one attached hydrogen (secondary N) is 1. The lowest BCUT2D eigenvalue weighted by molar-refractivity contribution is -0.123. The molecule has 1 aliphatic rings. The summed E-state index contributed by atoms with van der Waals surface area (Å²) in [5, 5.41) is 2.16. The van der Waals surface area contributed by atoms with Crippen LogP contribution in [0.15, 0.2) is 58.6 Å². The summed E-state index contributed by atoms with van der Waals surface area (Å²) in [6.45, 7) is -0.284. The first-order valence-electron chi connectivity index (χ1n) is 8.04. The molecular weight excluding hydrogens is 430 g/mol. The lowest BCUT2D eigenvalue weighted by Gasteiger charge is -2.26. The van der Waals surface area contributed by atoms with Crippen LogP contribution >= 0.6 is 15.9 Å². The van der Waals surface area contributed by atoms with E-state index in [4.69, 9.17) is 10.5 Å². The number of carbonyl (C=O) groups is 4. The van der Waals surface area contributed by atoms with Crippen LogP contribution in [0.4, 0.5) is 10.5 Å². The summed E-state index contributed by atoms with van der Waals surface area (Å²) < 4.78 is 5.74. The van der Waals surface area contributed by atoms with E-state index in [0.29, 0.717) is 21.5 Å². The van der Waals surface area contributed by atoms with E-state index >= 15 is 0 Å². The number of hydrogen-bond acceptors (Lipinski definition) is 5. The fourth-order valence-electron chi connectivity index (χ4n) is 2.51. The van der Waals surface area contributed by atoms with E-state index in [1.54, 1.807) is 48.5 Å². The molecule has 0 bridgehead atoms. The van der Waals surface area contributed by atoms with Gasteiger partial charge in [0.05, 0.1) is 10.2 Å². The zero-order chi connectivity index (χ0) is 20.3. The van der Waals surface area contributed by atoms with E-state index in [9.17, 15) is 19.2 Å². The highest BCUT2D eigenvalue weighted by molar-refractivity contribution is 9.10. The SMILES string of the molecule is NC(=O)COc1ccc(C=C2C(=O)NC(=O)N(c3ccccc3)C2=O)cc1Br. The maximum absolute atomic E-state index is 12.8. The highest BCUT2D eigenvalue weighted by atomic mass is 79.9. The molecule has 5 amide bonds. The van der Waals surface area contributed by atoms with Gasteiger partial charge in [0.2, 0.25) is 0 Å². The molecule has 1 saturated heterocycles. The Kier molecular flexibility index (Phi) is 5.55. The number of benzene rings is 2. The largest absolute Gasteiger partial charge is 0.483 e. The molecule has 28 heavy (non-hydrogen) atoms. The molecule has 1 fully saturated rings. The van der Waals surface area contributed by atoms with Gasteiger partial charge >= 0.3 is 6.03 Å². The van der Waals surface area contributed by atoms with Crippen molar-refractivity contribution in [3.8, 4) is 5.75 Å². The van der Waals surface area contributed by atoms with Crippen molar-refractivity contribution in [3.05, 3.63) is 64.1 Å². The van der Waals surface area contributed by atoms with Crippen molar-refractivity contribution >= 4 is 51.4 Å². The number of rotatable bonds is 5. The number of barbiturate groups is 1. The maximum atomic E-state index is 12.8. The monoisotopic (exact) mass is 443 g/mol. The number of imide groups is 2. The molecule has 0 atom stereocenters. The lowest BCUT2D eigenvalue weighted by atomic mass is 10.1. The Morgan fingerprint density at radius 2 is 1.86 bits per heavy atom. The average molecular weight is 444 g/mol. The zero-order valence-electron chi connectivity index (χ0n) is 14.3. The molecule has 2 aromatic carbocycles. The van der Waals surface area contributed by atoms with Gasteiger partial charge in [-0.05, 0) is 51.8 Å². The fourth-order valence-corrected chi connectivity index (χ4v) is 3.02. The maximum Gasteiger partial charge on any atom is 0.335 e. The Balaban J connectivity index is 1.91. The quantitative estimate of drug-likeness (QED) is 0.540. The fraction of sp³-hybridized carbons (Fsp3) is 0.0526. The molecule has 8 nitrogen and oxygen atoms in total. The minimum absolute atomic E-state index is 0.193. The standard InChI is InChI=1S/C19H14BrN3O5/c20-14-9-11(6-7-15(14)28-10-16(21)24)8-13-17(25)22-19(27)23(18(13)26)12-4-2-1-3-5-12/h1-9H,10H2,(H2,21,24)(H,22,25,27). The minimum atomic E-state index is -0.810. The van der Waals surface area contributed by atoms with Crippen LogP contribution < -0.4 is 20.7 Å².